The Hall–Kier alpha value is -2.77. The molecule has 8 heteroatoms. The van der Waals surface area contributed by atoms with Crippen molar-refractivity contribution in [2.75, 3.05) is 5.32 Å². The molecule has 23 heavy (non-hydrogen) atoms. The maximum Gasteiger partial charge on any atom is 0.461 e. The van der Waals surface area contributed by atoms with Crippen LogP contribution < -0.4 is 14.8 Å². The van der Waals surface area contributed by atoms with E-state index in [0.717, 1.165) is 12.1 Å². The summed E-state index contributed by atoms with van der Waals surface area (Å²) in [5.41, 5.74) is 0.0495. The summed E-state index contributed by atoms with van der Waals surface area (Å²) in [4.78, 5) is 11.6. The zero-order valence-corrected chi connectivity index (χ0v) is 11.5. The van der Waals surface area contributed by atoms with Crippen molar-refractivity contribution in [1.82, 2.24) is 0 Å². The highest BCUT2D eigenvalue weighted by atomic mass is 19.3. The lowest BCUT2D eigenvalue weighted by molar-refractivity contribution is -0.253. The van der Waals surface area contributed by atoms with E-state index in [4.69, 9.17) is 4.74 Å². The average Bonchev–Trinajstić information content (AvgIpc) is 2.47. The molecule has 4 nitrogen and oxygen atoms in total. The van der Waals surface area contributed by atoms with Gasteiger partial charge in [-0.1, -0.05) is 24.3 Å². The monoisotopic (exact) mass is 329 g/mol. The first-order valence-electron chi connectivity index (χ1n) is 6.36. The average molecular weight is 329 g/mol. The normalized spacial score (nSPS) is 11.2. The molecule has 0 bridgehead atoms. The molecule has 2 aromatic rings. The predicted molar refractivity (Wildman–Crippen MR) is 74.1 cm³/mol. The van der Waals surface area contributed by atoms with Gasteiger partial charge in [-0.05, 0) is 24.3 Å². The molecule has 0 aliphatic rings. The molecule has 0 saturated heterocycles. The van der Waals surface area contributed by atoms with Gasteiger partial charge in [0, 0.05) is 11.8 Å². The Morgan fingerprint density at radius 2 is 1.65 bits per heavy atom. The number of hydrogen-bond acceptors (Lipinski definition) is 3. The maximum absolute atomic E-state index is 12.8. The van der Waals surface area contributed by atoms with Gasteiger partial charge in [0.05, 0.1) is 0 Å². The van der Waals surface area contributed by atoms with Crippen LogP contribution >= 0.6 is 0 Å². The fourth-order valence-electron chi connectivity index (χ4n) is 1.58. The summed E-state index contributed by atoms with van der Waals surface area (Å²) in [6.45, 7) is 0. The predicted octanol–water partition coefficient (Wildman–Crippen LogP) is 4.53. The highest BCUT2D eigenvalue weighted by Gasteiger charge is 2.43. The van der Waals surface area contributed by atoms with Gasteiger partial charge < -0.3 is 9.47 Å². The molecule has 0 spiro atoms. The van der Waals surface area contributed by atoms with E-state index >= 15 is 0 Å². The van der Waals surface area contributed by atoms with Gasteiger partial charge in [0.25, 0.3) is 0 Å². The number of carbonyl (C=O) groups is 1. The zero-order valence-electron chi connectivity index (χ0n) is 11.5. The first-order valence-corrected chi connectivity index (χ1v) is 6.36. The van der Waals surface area contributed by atoms with Gasteiger partial charge in [0.15, 0.2) is 0 Å². The number of anilines is 1. The van der Waals surface area contributed by atoms with E-state index in [9.17, 15) is 22.4 Å². The van der Waals surface area contributed by atoms with Gasteiger partial charge in [-0.3, -0.25) is 5.32 Å². The Balaban J connectivity index is 2.01. The van der Waals surface area contributed by atoms with Crippen molar-refractivity contribution >= 4 is 11.8 Å². The molecule has 0 fully saturated rings. The summed E-state index contributed by atoms with van der Waals surface area (Å²) < 4.78 is 58.7. The Bertz CT molecular complexity index is 665. The van der Waals surface area contributed by atoms with E-state index in [-0.39, 0.29) is 11.4 Å². The second-order valence-electron chi connectivity index (χ2n) is 4.32. The summed E-state index contributed by atoms with van der Waals surface area (Å²) in [5.74, 6) is -0.241. The Morgan fingerprint density at radius 1 is 1.00 bits per heavy atom. The number of rotatable bonds is 5. The van der Waals surface area contributed by atoms with Gasteiger partial charge in [-0.15, -0.1) is 0 Å². The van der Waals surface area contributed by atoms with Gasteiger partial charge in [-0.2, -0.15) is 17.6 Å². The van der Waals surface area contributed by atoms with E-state index < -0.39 is 24.4 Å². The van der Waals surface area contributed by atoms with E-state index in [1.165, 1.54) is 12.1 Å². The summed E-state index contributed by atoms with van der Waals surface area (Å²) in [6, 6.07) is 12.8. The summed E-state index contributed by atoms with van der Waals surface area (Å²) in [6.07, 6.45) is -9.46. The molecule has 0 radical (unpaired) electrons. The fraction of sp³-hybridized carbons (Fsp3) is 0.133. The number of carbonyl (C=O) groups excluding carboxylic acids is 1. The standard InChI is InChI=1S/C15H11F4NO3/c16-13(17)15(18,19)23-12-8-4-5-10(9-12)20-14(21)22-11-6-2-1-3-7-11/h1-9,13H,(H,20,21). The van der Waals surface area contributed by atoms with Crippen molar-refractivity contribution in [3.8, 4) is 11.5 Å². The second-order valence-corrected chi connectivity index (χ2v) is 4.32. The van der Waals surface area contributed by atoms with Crippen molar-refractivity contribution in [1.29, 1.82) is 0 Å². The van der Waals surface area contributed by atoms with Crippen molar-refractivity contribution < 1.29 is 31.8 Å². The number of nitrogens with one attached hydrogen (secondary N) is 1. The third-order valence-corrected chi connectivity index (χ3v) is 2.54. The quantitative estimate of drug-likeness (QED) is 0.820. The van der Waals surface area contributed by atoms with E-state index in [2.05, 4.69) is 10.1 Å². The highest BCUT2D eigenvalue weighted by Crippen LogP contribution is 2.28. The molecule has 1 N–H and O–H groups in total. The first kappa shape index (κ1) is 16.6. The van der Waals surface area contributed by atoms with E-state index in [1.807, 2.05) is 0 Å². The topological polar surface area (TPSA) is 47.6 Å². The van der Waals surface area contributed by atoms with Crippen LogP contribution in [0, 0.1) is 0 Å². The van der Waals surface area contributed by atoms with Crippen LogP contribution in [-0.2, 0) is 0 Å². The number of halogens is 4. The molecule has 0 aromatic heterocycles. The molecule has 1 amide bonds. The SMILES string of the molecule is O=C(Nc1cccc(OC(F)(F)C(F)F)c1)Oc1ccccc1. The summed E-state index contributed by atoms with van der Waals surface area (Å²) in [7, 11) is 0. The Morgan fingerprint density at radius 3 is 2.30 bits per heavy atom. The van der Waals surface area contributed by atoms with Gasteiger partial charge in [0.2, 0.25) is 0 Å². The van der Waals surface area contributed by atoms with Crippen LogP contribution in [0.3, 0.4) is 0 Å². The number of benzene rings is 2. The third-order valence-electron chi connectivity index (χ3n) is 2.54. The van der Waals surface area contributed by atoms with Crippen LogP contribution in [-0.4, -0.2) is 18.6 Å². The van der Waals surface area contributed by atoms with Crippen LogP contribution in [0.15, 0.2) is 54.6 Å². The molecule has 0 atom stereocenters. The van der Waals surface area contributed by atoms with Gasteiger partial charge >= 0.3 is 18.6 Å². The Kier molecular flexibility index (Phi) is 5.05. The maximum atomic E-state index is 12.8. The van der Waals surface area contributed by atoms with Gasteiger partial charge in [0.1, 0.15) is 11.5 Å². The molecule has 0 unspecified atom stereocenters. The molecule has 2 aromatic carbocycles. The zero-order chi connectivity index (χ0) is 16.9. The van der Waals surface area contributed by atoms with Crippen molar-refractivity contribution in [2.24, 2.45) is 0 Å². The second kappa shape index (κ2) is 6.99. The lowest BCUT2D eigenvalue weighted by Crippen LogP contribution is -2.33. The molecule has 2 rings (SSSR count). The molecule has 0 saturated carbocycles. The van der Waals surface area contributed by atoms with Crippen LogP contribution in [0.4, 0.5) is 28.0 Å². The molecule has 0 aliphatic heterocycles. The number of alkyl halides is 4. The Labute approximate surface area is 128 Å². The van der Waals surface area contributed by atoms with E-state index in [1.54, 1.807) is 30.3 Å². The van der Waals surface area contributed by atoms with Crippen molar-refractivity contribution in [3.05, 3.63) is 54.6 Å². The minimum absolute atomic E-state index is 0.0495. The lowest BCUT2D eigenvalue weighted by atomic mass is 10.3. The fourth-order valence-corrected chi connectivity index (χ4v) is 1.58. The minimum Gasteiger partial charge on any atom is -0.428 e. The van der Waals surface area contributed by atoms with Crippen molar-refractivity contribution in [2.45, 2.75) is 12.5 Å². The summed E-state index contributed by atoms with van der Waals surface area (Å²) in [5, 5.41) is 2.27. The molecule has 0 aliphatic carbocycles. The van der Waals surface area contributed by atoms with Gasteiger partial charge in [-0.25, -0.2) is 4.79 Å². The molecular weight excluding hydrogens is 318 g/mol. The van der Waals surface area contributed by atoms with Crippen LogP contribution in [0.1, 0.15) is 0 Å². The van der Waals surface area contributed by atoms with Crippen molar-refractivity contribution in [3.63, 3.8) is 0 Å². The molecule has 122 valence electrons. The van der Waals surface area contributed by atoms with Crippen LogP contribution in [0.25, 0.3) is 0 Å². The third kappa shape index (κ3) is 4.87. The smallest absolute Gasteiger partial charge is 0.428 e. The lowest BCUT2D eigenvalue weighted by Gasteiger charge is -2.17. The highest BCUT2D eigenvalue weighted by molar-refractivity contribution is 5.86. The molecule has 0 heterocycles. The molecular formula is C15H11F4NO3. The largest absolute Gasteiger partial charge is 0.461 e. The minimum atomic E-state index is -4.62. The summed E-state index contributed by atoms with van der Waals surface area (Å²) >= 11 is 0. The van der Waals surface area contributed by atoms with Crippen LogP contribution in [0.5, 0.6) is 11.5 Å². The number of para-hydroxylation sites is 1. The van der Waals surface area contributed by atoms with Crippen LogP contribution in [0.2, 0.25) is 0 Å². The number of hydrogen-bond donors (Lipinski definition) is 1. The number of amides is 1. The van der Waals surface area contributed by atoms with E-state index in [0.29, 0.717) is 0 Å². The first-order chi connectivity index (χ1) is 10.9. The number of ether oxygens (including phenoxy) is 2.